The molecule has 0 radical (unpaired) electrons. The fraction of sp³-hybridized carbons (Fsp3) is 0.267. The summed E-state index contributed by atoms with van der Waals surface area (Å²) >= 11 is 5.13. The lowest BCUT2D eigenvalue weighted by molar-refractivity contribution is 0.898. The predicted octanol–water partition coefficient (Wildman–Crippen LogP) is 2.21. The van der Waals surface area contributed by atoms with Gasteiger partial charge in [-0.1, -0.05) is 18.3 Å². The van der Waals surface area contributed by atoms with Crippen LogP contribution in [-0.4, -0.2) is 15.0 Å². The normalized spacial score (nSPS) is 13.0. The molecule has 0 bridgehead atoms. The average Bonchev–Trinajstić information content (AvgIpc) is 2.92. The Kier molecular flexibility index (Phi) is 3.60. The van der Waals surface area contributed by atoms with E-state index in [0.717, 1.165) is 42.0 Å². The molecule has 1 aliphatic rings. The molecule has 3 rings (SSSR count). The third-order valence-electron chi connectivity index (χ3n) is 3.48. The molecule has 0 spiro atoms. The van der Waals surface area contributed by atoms with Crippen molar-refractivity contribution in [3.63, 3.8) is 0 Å². The third-order valence-corrected chi connectivity index (χ3v) is 3.70. The summed E-state index contributed by atoms with van der Waals surface area (Å²) in [6.45, 7) is 0.613. The lowest BCUT2D eigenvalue weighted by Crippen LogP contribution is -2.16. The second-order valence-corrected chi connectivity index (χ2v) is 5.32. The lowest BCUT2D eigenvalue weighted by Gasteiger charge is -2.12. The van der Waals surface area contributed by atoms with Crippen LogP contribution in [0.25, 0.3) is 0 Å². The van der Waals surface area contributed by atoms with Crippen LogP contribution in [0, 0.1) is 0 Å². The van der Waals surface area contributed by atoms with Gasteiger partial charge in [0.05, 0.1) is 17.8 Å². The zero-order chi connectivity index (χ0) is 13.9. The Morgan fingerprint density at radius 3 is 3.00 bits per heavy atom. The van der Waals surface area contributed by atoms with Gasteiger partial charge in [0.15, 0.2) is 0 Å². The Morgan fingerprint density at radius 2 is 2.25 bits per heavy atom. The highest BCUT2D eigenvalue weighted by Gasteiger charge is 2.17. The van der Waals surface area contributed by atoms with Gasteiger partial charge in [-0.3, -0.25) is 4.98 Å². The summed E-state index contributed by atoms with van der Waals surface area (Å²) in [6.07, 6.45) is 5.04. The van der Waals surface area contributed by atoms with E-state index in [0.29, 0.717) is 11.5 Å². The summed E-state index contributed by atoms with van der Waals surface area (Å²) < 4.78 is 0. The Bertz CT molecular complexity index is 640. The van der Waals surface area contributed by atoms with Crippen molar-refractivity contribution in [1.29, 1.82) is 0 Å². The topological polar surface area (TPSA) is 63.8 Å². The monoisotopic (exact) mass is 284 g/mol. The SMILES string of the molecule is NC(=S)c1cc2c(nc1NCc1ccccn1)CCC2. The van der Waals surface area contributed by atoms with Crippen LogP contribution in [0.5, 0.6) is 0 Å². The molecule has 0 aromatic carbocycles. The van der Waals surface area contributed by atoms with Gasteiger partial charge in [-0.2, -0.15) is 0 Å². The van der Waals surface area contributed by atoms with E-state index in [1.165, 1.54) is 5.56 Å². The van der Waals surface area contributed by atoms with Crippen LogP contribution in [0.2, 0.25) is 0 Å². The third kappa shape index (κ3) is 2.63. The molecule has 0 unspecified atom stereocenters. The van der Waals surface area contributed by atoms with Gasteiger partial charge < -0.3 is 11.1 Å². The van der Waals surface area contributed by atoms with Gasteiger partial charge in [0.1, 0.15) is 10.8 Å². The zero-order valence-corrected chi connectivity index (χ0v) is 11.9. The Balaban J connectivity index is 1.86. The lowest BCUT2D eigenvalue weighted by atomic mass is 10.1. The maximum absolute atomic E-state index is 5.81. The van der Waals surface area contributed by atoms with Crippen molar-refractivity contribution in [3.05, 3.63) is 53.0 Å². The second-order valence-electron chi connectivity index (χ2n) is 4.88. The molecule has 3 N–H and O–H groups in total. The molecule has 20 heavy (non-hydrogen) atoms. The van der Waals surface area contributed by atoms with Crippen molar-refractivity contribution in [2.24, 2.45) is 5.73 Å². The van der Waals surface area contributed by atoms with E-state index < -0.39 is 0 Å². The van der Waals surface area contributed by atoms with Gasteiger partial charge in [0.2, 0.25) is 0 Å². The number of pyridine rings is 2. The fourth-order valence-electron chi connectivity index (χ4n) is 2.47. The van der Waals surface area contributed by atoms with Gasteiger partial charge in [-0.15, -0.1) is 0 Å². The summed E-state index contributed by atoms with van der Waals surface area (Å²) in [5, 5.41) is 3.30. The van der Waals surface area contributed by atoms with Crippen molar-refractivity contribution < 1.29 is 0 Å². The summed E-state index contributed by atoms with van der Waals surface area (Å²) in [4.78, 5) is 9.35. The number of thiocarbonyl (C=S) groups is 1. The molecule has 0 aliphatic heterocycles. The first kappa shape index (κ1) is 13.0. The second kappa shape index (κ2) is 5.54. The highest BCUT2D eigenvalue weighted by molar-refractivity contribution is 7.80. The molecular formula is C15H16N4S. The number of aromatic nitrogens is 2. The largest absolute Gasteiger partial charge is 0.389 e. The molecule has 2 aromatic heterocycles. The number of fused-ring (bicyclic) bond motifs is 1. The predicted molar refractivity (Wildman–Crippen MR) is 83.7 cm³/mol. The van der Waals surface area contributed by atoms with Gasteiger partial charge in [-0.25, -0.2) is 4.98 Å². The molecule has 0 atom stereocenters. The molecule has 0 saturated heterocycles. The van der Waals surface area contributed by atoms with E-state index in [2.05, 4.69) is 21.4 Å². The van der Waals surface area contributed by atoms with E-state index in [4.69, 9.17) is 18.0 Å². The molecule has 2 heterocycles. The molecular weight excluding hydrogens is 268 g/mol. The van der Waals surface area contributed by atoms with Crippen LogP contribution in [0.3, 0.4) is 0 Å². The minimum absolute atomic E-state index is 0.385. The molecule has 0 amide bonds. The van der Waals surface area contributed by atoms with Gasteiger partial charge in [0, 0.05) is 11.9 Å². The Labute approximate surface area is 123 Å². The Morgan fingerprint density at radius 1 is 1.35 bits per heavy atom. The molecule has 102 valence electrons. The number of aryl methyl sites for hydroxylation is 2. The molecule has 0 fully saturated rings. The van der Waals surface area contributed by atoms with E-state index in [1.54, 1.807) is 6.20 Å². The standard InChI is InChI=1S/C15H16N4S/c16-14(20)12-8-10-4-3-6-13(10)19-15(12)18-9-11-5-1-2-7-17-11/h1-2,5,7-8H,3-4,6,9H2,(H2,16,20)(H,18,19). The van der Waals surface area contributed by atoms with Crippen LogP contribution in [-0.2, 0) is 19.4 Å². The number of hydrogen-bond donors (Lipinski definition) is 2. The van der Waals surface area contributed by atoms with Gasteiger partial charge in [0.25, 0.3) is 0 Å². The smallest absolute Gasteiger partial charge is 0.136 e. The maximum Gasteiger partial charge on any atom is 0.136 e. The summed E-state index contributed by atoms with van der Waals surface area (Å²) in [5.41, 5.74) is 10.0. The first-order valence-electron chi connectivity index (χ1n) is 6.70. The van der Waals surface area contributed by atoms with Crippen molar-refractivity contribution in [2.45, 2.75) is 25.8 Å². The Hall–Kier alpha value is -2.01. The average molecular weight is 284 g/mol. The van der Waals surface area contributed by atoms with E-state index in [1.807, 2.05) is 18.2 Å². The van der Waals surface area contributed by atoms with E-state index >= 15 is 0 Å². The van der Waals surface area contributed by atoms with Crippen molar-refractivity contribution in [1.82, 2.24) is 9.97 Å². The van der Waals surface area contributed by atoms with Crippen LogP contribution < -0.4 is 11.1 Å². The van der Waals surface area contributed by atoms with E-state index in [9.17, 15) is 0 Å². The van der Waals surface area contributed by atoms with Gasteiger partial charge >= 0.3 is 0 Å². The number of hydrogen-bond acceptors (Lipinski definition) is 4. The number of rotatable bonds is 4. The molecule has 5 heteroatoms. The van der Waals surface area contributed by atoms with Gasteiger partial charge in [-0.05, 0) is 43.0 Å². The number of anilines is 1. The number of nitrogens with one attached hydrogen (secondary N) is 1. The van der Waals surface area contributed by atoms with E-state index in [-0.39, 0.29) is 0 Å². The molecule has 2 aromatic rings. The highest BCUT2D eigenvalue weighted by atomic mass is 32.1. The highest BCUT2D eigenvalue weighted by Crippen LogP contribution is 2.25. The van der Waals surface area contributed by atoms with Crippen molar-refractivity contribution in [3.8, 4) is 0 Å². The summed E-state index contributed by atoms with van der Waals surface area (Å²) in [7, 11) is 0. The van der Waals surface area contributed by atoms with Crippen LogP contribution in [0.1, 0.15) is 28.9 Å². The van der Waals surface area contributed by atoms with Crippen LogP contribution in [0.4, 0.5) is 5.82 Å². The first-order valence-corrected chi connectivity index (χ1v) is 7.11. The van der Waals surface area contributed by atoms with Crippen molar-refractivity contribution in [2.75, 3.05) is 5.32 Å². The first-order chi connectivity index (χ1) is 9.74. The summed E-state index contributed by atoms with van der Waals surface area (Å²) in [6, 6.07) is 7.92. The number of nitrogens with two attached hydrogens (primary N) is 1. The maximum atomic E-state index is 5.81. The van der Waals surface area contributed by atoms with Crippen LogP contribution >= 0.6 is 12.2 Å². The zero-order valence-electron chi connectivity index (χ0n) is 11.1. The molecule has 4 nitrogen and oxygen atoms in total. The van der Waals surface area contributed by atoms with Crippen molar-refractivity contribution >= 4 is 23.0 Å². The number of nitrogens with zero attached hydrogens (tertiary/aromatic N) is 2. The fourth-order valence-corrected chi connectivity index (χ4v) is 2.63. The quantitative estimate of drug-likeness (QED) is 0.843. The minimum atomic E-state index is 0.385. The summed E-state index contributed by atoms with van der Waals surface area (Å²) in [5.74, 6) is 0.767. The minimum Gasteiger partial charge on any atom is -0.389 e. The molecule has 1 aliphatic carbocycles. The molecule has 0 saturated carbocycles. The van der Waals surface area contributed by atoms with Crippen LogP contribution in [0.15, 0.2) is 30.5 Å².